The fourth-order valence-corrected chi connectivity index (χ4v) is 5.25. The van der Waals surface area contributed by atoms with Crippen LogP contribution in [0, 0.1) is 0 Å². The largest absolute Gasteiger partial charge is 0.481 e. The quantitative estimate of drug-likeness (QED) is 0.142. The standard InChI is InChI=1S/C14H15N3O2S.C14H17NO3S/c1-2-3-4-12(14-17-16-8-18-14)19-10-5-6-11-13(7-10)20-9-15-11;1-3-4-5-12(14(16)17-2)18-10-6-7-11-13(8-10)19-9-15-11/h5-9,12H,2-4H2,1H3;6-9,12H,3-5H2,1-2H3. The lowest BCUT2D eigenvalue weighted by molar-refractivity contribution is -0.149. The second kappa shape index (κ2) is 14.5. The molecule has 0 radical (unpaired) electrons. The van der Waals surface area contributed by atoms with Gasteiger partial charge in [0, 0.05) is 0 Å². The van der Waals surface area contributed by atoms with Crippen molar-refractivity contribution in [3.8, 4) is 11.5 Å². The second-order valence-electron chi connectivity index (χ2n) is 8.76. The Bertz CT molecular complexity index is 1440. The van der Waals surface area contributed by atoms with Crippen molar-refractivity contribution in [1.29, 1.82) is 0 Å². The molecule has 39 heavy (non-hydrogen) atoms. The molecule has 0 spiro atoms. The molecule has 0 amide bonds. The summed E-state index contributed by atoms with van der Waals surface area (Å²) in [6.45, 7) is 4.23. The van der Waals surface area contributed by atoms with Crippen molar-refractivity contribution in [3.05, 3.63) is 59.7 Å². The van der Waals surface area contributed by atoms with Gasteiger partial charge in [-0.1, -0.05) is 26.7 Å². The SMILES string of the molecule is CCCCC(Oc1ccc2ncsc2c1)C(=O)OC.CCCCC(Oc1ccc2ncsc2c1)c1nnco1. The van der Waals surface area contributed by atoms with E-state index in [1.165, 1.54) is 13.5 Å². The van der Waals surface area contributed by atoms with Crippen LogP contribution in [0.15, 0.2) is 58.2 Å². The molecule has 0 aliphatic heterocycles. The van der Waals surface area contributed by atoms with Crippen LogP contribution in [0.4, 0.5) is 0 Å². The summed E-state index contributed by atoms with van der Waals surface area (Å²) in [7, 11) is 1.39. The summed E-state index contributed by atoms with van der Waals surface area (Å²) >= 11 is 3.15. The number of carbonyl (C=O) groups excluding carboxylic acids is 1. The molecule has 0 N–H and O–H groups in total. The topological polar surface area (TPSA) is 109 Å². The Morgan fingerprint density at radius 1 is 0.897 bits per heavy atom. The van der Waals surface area contributed by atoms with Crippen LogP contribution in [-0.2, 0) is 9.53 Å². The third-order valence-electron chi connectivity index (χ3n) is 5.92. The molecule has 0 bridgehead atoms. The monoisotopic (exact) mass is 568 g/mol. The number of methoxy groups -OCH3 is 1. The van der Waals surface area contributed by atoms with Gasteiger partial charge >= 0.3 is 5.97 Å². The smallest absolute Gasteiger partial charge is 0.347 e. The summed E-state index contributed by atoms with van der Waals surface area (Å²) in [6, 6.07) is 11.5. The lowest BCUT2D eigenvalue weighted by Gasteiger charge is -2.16. The van der Waals surface area contributed by atoms with Crippen molar-refractivity contribution >= 4 is 49.1 Å². The van der Waals surface area contributed by atoms with E-state index in [1.807, 2.05) is 41.9 Å². The fraction of sp³-hybridized carbons (Fsp3) is 0.393. The molecule has 0 aliphatic carbocycles. The molecular weight excluding hydrogens is 536 g/mol. The number of nitrogens with zero attached hydrogens (tertiary/aromatic N) is 4. The first kappa shape index (κ1) is 28.4. The first-order valence-corrected chi connectivity index (χ1v) is 14.7. The van der Waals surface area contributed by atoms with Crippen LogP contribution in [-0.4, -0.2) is 39.3 Å². The highest BCUT2D eigenvalue weighted by Gasteiger charge is 2.21. The van der Waals surface area contributed by atoms with Crippen molar-refractivity contribution in [2.75, 3.05) is 7.11 Å². The Labute approximate surface area is 235 Å². The van der Waals surface area contributed by atoms with Crippen LogP contribution in [0.2, 0.25) is 0 Å². The van der Waals surface area contributed by atoms with Gasteiger partial charge in [0.1, 0.15) is 11.5 Å². The predicted octanol–water partition coefficient (Wildman–Crippen LogP) is 7.40. The van der Waals surface area contributed by atoms with Crippen LogP contribution in [0.5, 0.6) is 11.5 Å². The van der Waals surface area contributed by atoms with Crippen LogP contribution in [0.3, 0.4) is 0 Å². The summed E-state index contributed by atoms with van der Waals surface area (Å²) in [5.74, 6) is 1.70. The molecule has 0 saturated heterocycles. The van der Waals surface area contributed by atoms with E-state index in [2.05, 4.69) is 34.0 Å². The van der Waals surface area contributed by atoms with Gasteiger partial charge in [-0.05, 0) is 62.1 Å². The van der Waals surface area contributed by atoms with Crippen molar-refractivity contribution in [2.45, 2.75) is 64.6 Å². The average Bonchev–Trinajstić information content (AvgIpc) is 3.75. The van der Waals surface area contributed by atoms with Gasteiger partial charge in [0.2, 0.25) is 6.39 Å². The third kappa shape index (κ3) is 7.96. The maximum atomic E-state index is 11.7. The average molecular weight is 569 g/mol. The molecule has 2 atom stereocenters. The van der Waals surface area contributed by atoms with Crippen LogP contribution >= 0.6 is 22.7 Å². The summed E-state index contributed by atoms with van der Waals surface area (Å²) in [4.78, 5) is 20.2. The van der Waals surface area contributed by atoms with Crippen molar-refractivity contribution < 1.29 is 23.4 Å². The molecule has 0 aliphatic rings. The van der Waals surface area contributed by atoms with E-state index < -0.39 is 6.10 Å². The number of hydrogen-bond acceptors (Lipinski definition) is 11. The van der Waals surface area contributed by atoms with Crippen molar-refractivity contribution in [3.63, 3.8) is 0 Å². The van der Waals surface area contributed by atoms with Crippen LogP contribution in [0.25, 0.3) is 20.4 Å². The molecule has 0 saturated carbocycles. The molecule has 11 heteroatoms. The minimum absolute atomic E-state index is 0.192. The first-order valence-electron chi connectivity index (χ1n) is 12.9. The number of aromatic nitrogens is 4. The lowest BCUT2D eigenvalue weighted by Crippen LogP contribution is -2.28. The highest BCUT2D eigenvalue weighted by Crippen LogP contribution is 2.29. The summed E-state index contributed by atoms with van der Waals surface area (Å²) in [5, 5.41) is 7.70. The number of esters is 1. The molecule has 2 unspecified atom stereocenters. The Morgan fingerprint density at radius 3 is 2.08 bits per heavy atom. The Hall–Kier alpha value is -3.57. The van der Waals surface area contributed by atoms with Gasteiger partial charge in [0.05, 0.1) is 38.6 Å². The number of hydrogen-bond donors (Lipinski definition) is 0. The second-order valence-corrected chi connectivity index (χ2v) is 10.5. The molecule has 3 aromatic heterocycles. The van der Waals surface area contributed by atoms with Crippen LogP contribution < -0.4 is 9.47 Å². The number of unbranched alkanes of at least 4 members (excludes halogenated alkanes) is 2. The van der Waals surface area contributed by atoms with E-state index in [1.54, 1.807) is 28.2 Å². The van der Waals surface area contributed by atoms with Crippen LogP contribution in [0.1, 0.15) is 64.4 Å². The third-order valence-corrected chi connectivity index (χ3v) is 7.50. The molecule has 206 valence electrons. The first-order chi connectivity index (χ1) is 19.1. The van der Waals surface area contributed by atoms with E-state index >= 15 is 0 Å². The summed E-state index contributed by atoms with van der Waals surface area (Å²) < 4.78 is 24.0. The van der Waals surface area contributed by atoms with Gasteiger partial charge in [0.15, 0.2) is 12.2 Å². The zero-order chi connectivity index (χ0) is 27.5. The van der Waals surface area contributed by atoms with Crippen molar-refractivity contribution in [2.24, 2.45) is 0 Å². The minimum atomic E-state index is -0.532. The number of benzene rings is 2. The highest BCUT2D eigenvalue weighted by molar-refractivity contribution is 7.17. The summed E-state index contributed by atoms with van der Waals surface area (Å²) in [5.41, 5.74) is 5.57. The molecule has 5 rings (SSSR count). The van der Waals surface area contributed by atoms with E-state index in [0.29, 0.717) is 18.1 Å². The van der Waals surface area contributed by atoms with E-state index in [-0.39, 0.29) is 12.1 Å². The number of rotatable bonds is 12. The normalized spacial score (nSPS) is 12.5. The van der Waals surface area contributed by atoms with Gasteiger partial charge in [-0.2, -0.15) is 0 Å². The Kier molecular flexibility index (Phi) is 10.6. The zero-order valence-electron chi connectivity index (χ0n) is 22.2. The molecule has 0 fully saturated rings. The molecule has 9 nitrogen and oxygen atoms in total. The van der Waals surface area contributed by atoms with Gasteiger partial charge in [-0.25, -0.2) is 14.8 Å². The van der Waals surface area contributed by atoms with E-state index in [4.69, 9.17) is 18.6 Å². The van der Waals surface area contributed by atoms with Gasteiger partial charge in [-0.3, -0.25) is 0 Å². The van der Waals surface area contributed by atoms with Gasteiger partial charge in [0.25, 0.3) is 5.89 Å². The number of fused-ring (bicyclic) bond motifs is 2. The molecule has 3 heterocycles. The lowest BCUT2D eigenvalue weighted by atomic mass is 10.1. The maximum absolute atomic E-state index is 11.7. The maximum Gasteiger partial charge on any atom is 0.347 e. The number of ether oxygens (including phenoxy) is 3. The summed E-state index contributed by atoms with van der Waals surface area (Å²) in [6.07, 6.45) is 6.25. The Balaban J connectivity index is 0.000000181. The molecular formula is C28H32N4O5S2. The highest BCUT2D eigenvalue weighted by atomic mass is 32.1. The fourth-order valence-electron chi connectivity index (χ4n) is 3.84. The van der Waals surface area contributed by atoms with E-state index in [9.17, 15) is 4.79 Å². The van der Waals surface area contributed by atoms with E-state index in [0.717, 1.165) is 58.3 Å². The Morgan fingerprint density at radius 2 is 1.51 bits per heavy atom. The molecule has 5 aromatic rings. The number of carbonyl (C=O) groups is 1. The number of thiazole rings is 2. The predicted molar refractivity (Wildman–Crippen MR) is 152 cm³/mol. The zero-order valence-corrected chi connectivity index (χ0v) is 23.9. The van der Waals surface area contributed by atoms with Gasteiger partial charge in [-0.15, -0.1) is 32.9 Å². The van der Waals surface area contributed by atoms with Gasteiger partial charge < -0.3 is 18.6 Å². The molecule has 2 aromatic carbocycles. The minimum Gasteiger partial charge on any atom is -0.481 e. The van der Waals surface area contributed by atoms with Crippen molar-refractivity contribution in [1.82, 2.24) is 20.2 Å².